The van der Waals surface area contributed by atoms with Crippen LogP contribution in [0, 0.1) is 0 Å². The van der Waals surface area contributed by atoms with Crippen molar-refractivity contribution in [2.45, 2.75) is 12.5 Å². The van der Waals surface area contributed by atoms with Gasteiger partial charge in [-0.2, -0.15) is 0 Å². The number of methoxy groups -OCH3 is 1. The number of aromatic amines is 2. The summed E-state index contributed by atoms with van der Waals surface area (Å²) < 4.78 is 6.15. The maximum Gasteiger partial charge on any atom is 0.329 e. The van der Waals surface area contributed by atoms with E-state index in [1.165, 1.54) is 14.2 Å². The molecule has 1 atom stereocenters. The molecular formula is C16H16N4O5. The number of rotatable bonds is 4. The minimum atomic E-state index is -0.983. The highest BCUT2D eigenvalue weighted by atomic mass is 16.5. The Kier molecular flexibility index (Phi) is 4.24. The van der Waals surface area contributed by atoms with Crippen LogP contribution in [0.15, 0.2) is 38.6 Å². The molecule has 0 fully saturated rings. The molecule has 3 rings (SSSR count). The summed E-state index contributed by atoms with van der Waals surface area (Å²) in [7, 11) is 2.94. The third-order valence-corrected chi connectivity index (χ3v) is 3.93. The van der Waals surface area contributed by atoms with E-state index in [4.69, 9.17) is 4.74 Å². The van der Waals surface area contributed by atoms with Crippen molar-refractivity contribution in [3.05, 3.63) is 66.7 Å². The first-order chi connectivity index (χ1) is 11.9. The van der Waals surface area contributed by atoms with Crippen LogP contribution in [0.4, 0.5) is 0 Å². The fraction of sp³-hybridized carbons (Fsp3) is 0.250. The molecule has 0 saturated heterocycles. The lowest BCUT2D eigenvalue weighted by Crippen LogP contribution is -2.32. The van der Waals surface area contributed by atoms with Crippen molar-refractivity contribution in [1.29, 1.82) is 0 Å². The summed E-state index contributed by atoms with van der Waals surface area (Å²) in [5.74, 6) is 0.644. The van der Waals surface area contributed by atoms with Crippen molar-refractivity contribution < 1.29 is 9.84 Å². The van der Waals surface area contributed by atoms with Gasteiger partial charge in [0, 0.05) is 13.5 Å². The molecule has 0 bridgehead atoms. The first-order valence-electron chi connectivity index (χ1n) is 7.45. The van der Waals surface area contributed by atoms with E-state index in [0.717, 1.165) is 4.57 Å². The molecule has 0 aliphatic heterocycles. The van der Waals surface area contributed by atoms with Crippen LogP contribution in [-0.4, -0.2) is 31.7 Å². The quantitative estimate of drug-likeness (QED) is 0.590. The molecule has 0 aliphatic carbocycles. The molecule has 25 heavy (non-hydrogen) atoms. The summed E-state index contributed by atoms with van der Waals surface area (Å²) in [6.07, 6.45) is -1.07. The van der Waals surface area contributed by atoms with Crippen LogP contribution in [0.3, 0.4) is 0 Å². The van der Waals surface area contributed by atoms with E-state index in [9.17, 15) is 19.5 Å². The van der Waals surface area contributed by atoms with Crippen molar-refractivity contribution >= 4 is 11.2 Å². The van der Waals surface area contributed by atoms with E-state index in [1.807, 2.05) is 0 Å². The van der Waals surface area contributed by atoms with Crippen LogP contribution in [0.1, 0.15) is 17.4 Å². The van der Waals surface area contributed by atoms with Gasteiger partial charge >= 0.3 is 5.69 Å². The van der Waals surface area contributed by atoms with E-state index in [-0.39, 0.29) is 23.3 Å². The molecule has 3 N–H and O–H groups in total. The van der Waals surface area contributed by atoms with Crippen LogP contribution in [0.25, 0.3) is 11.2 Å². The second-order valence-electron chi connectivity index (χ2n) is 5.52. The molecule has 2 heterocycles. The van der Waals surface area contributed by atoms with Gasteiger partial charge in [0.2, 0.25) is 0 Å². The molecule has 3 aromatic rings. The number of ether oxygens (including phenoxy) is 1. The van der Waals surface area contributed by atoms with Crippen LogP contribution >= 0.6 is 0 Å². The zero-order chi connectivity index (χ0) is 18.1. The van der Waals surface area contributed by atoms with E-state index in [2.05, 4.69) is 15.0 Å². The molecule has 0 spiro atoms. The number of fused-ring (bicyclic) bond motifs is 1. The van der Waals surface area contributed by atoms with Gasteiger partial charge in [0.25, 0.3) is 11.1 Å². The second-order valence-corrected chi connectivity index (χ2v) is 5.52. The number of aliphatic hydroxyl groups excluding tert-OH is 1. The van der Waals surface area contributed by atoms with Gasteiger partial charge in [-0.3, -0.25) is 19.1 Å². The lowest BCUT2D eigenvalue weighted by atomic mass is 10.0. The number of aryl methyl sites for hydroxylation is 1. The first kappa shape index (κ1) is 16.7. The minimum Gasteiger partial charge on any atom is -0.497 e. The third-order valence-electron chi connectivity index (χ3n) is 3.93. The summed E-state index contributed by atoms with van der Waals surface area (Å²) in [6.45, 7) is 0. The number of benzene rings is 1. The number of hydrogen-bond donors (Lipinski definition) is 3. The monoisotopic (exact) mass is 344 g/mol. The van der Waals surface area contributed by atoms with E-state index in [0.29, 0.717) is 11.3 Å². The maximum atomic E-state index is 12.2. The number of nitrogens with zero attached hydrogens (tertiary/aromatic N) is 2. The van der Waals surface area contributed by atoms with E-state index >= 15 is 0 Å². The van der Waals surface area contributed by atoms with E-state index < -0.39 is 22.9 Å². The standard InChI is InChI=1S/C16H16N4O5/c1-20-13-12(15(23)19-16(20)24)17-10(14(22)18-13)7-11(21)8-3-5-9(25-2)6-4-8/h3-6,11,21H,7H2,1-2H3,(H,18,22)(H,19,23,24)/t11-/m1/s1. The Labute approximate surface area is 140 Å². The topological polar surface area (TPSA) is 130 Å². The van der Waals surface area contributed by atoms with Gasteiger partial charge in [0.05, 0.1) is 13.2 Å². The van der Waals surface area contributed by atoms with Crippen LogP contribution in [0.2, 0.25) is 0 Å². The van der Waals surface area contributed by atoms with Crippen molar-refractivity contribution in [2.75, 3.05) is 7.11 Å². The molecule has 0 unspecified atom stereocenters. The Morgan fingerprint density at radius 2 is 1.84 bits per heavy atom. The highest BCUT2D eigenvalue weighted by Gasteiger charge is 2.16. The SMILES string of the molecule is COc1ccc([C@H](O)Cc2nc3c(=O)[nH]c(=O)n(C)c3[nH]c2=O)cc1. The summed E-state index contributed by atoms with van der Waals surface area (Å²) >= 11 is 0. The Hall–Kier alpha value is -3.20. The van der Waals surface area contributed by atoms with Crippen molar-refractivity contribution in [3.63, 3.8) is 0 Å². The largest absolute Gasteiger partial charge is 0.497 e. The Balaban J connectivity index is 2.01. The molecule has 2 aromatic heterocycles. The maximum absolute atomic E-state index is 12.2. The zero-order valence-corrected chi connectivity index (χ0v) is 13.6. The van der Waals surface area contributed by atoms with Crippen molar-refractivity contribution in [1.82, 2.24) is 19.5 Å². The first-order valence-corrected chi connectivity index (χ1v) is 7.45. The van der Waals surface area contributed by atoms with Crippen LogP contribution in [-0.2, 0) is 13.5 Å². The highest BCUT2D eigenvalue weighted by molar-refractivity contribution is 5.68. The second kappa shape index (κ2) is 6.36. The number of aromatic nitrogens is 4. The van der Waals surface area contributed by atoms with Gasteiger partial charge in [-0.25, -0.2) is 9.78 Å². The number of aliphatic hydroxyl groups is 1. The van der Waals surface area contributed by atoms with Crippen molar-refractivity contribution in [3.8, 4) is 5.75 Å². The minimum absolute atomic E-state index is 0.0000305. The van der Waals surface area contributed by atoms with E-state index in [1.54, 1.807) is 24.3 Å². The molecule has 9 nitrogen and oxygen atoms in total. The van der Waals surface area contributed by atoms with Gasteiger partial charge in [-0.05, 0) is 17.7 Å². The summed E-state index contributed by atoms with van der Waals surface area (Å²) in [5, 5.41) is 10.3. The van der Waals surface area contributed by atoms with Gasteiger partial charge in [-0.1, -0.05) is 12.1 Å². The normalized spacial score (nSPS) is 12.3. The Morgan fingerprint density at radius 3 is 2.48 bits per heavy atom. The number of nitrogens with one attached hydrogen (secondary N) is 2. The summed E-state index contributed by atoms with van der Waals surface area (Å²) in [6, 6.07) is 6.73. The number of hydrogen-bond acceptors (Lipinski definition) is 6. The van der Waals surface area contributed by atoms with Gasteiger partial charge in [-0.15, -0.1) is 0 Å². The average molecular weight is 344 g/mol. The van der Waals surface area contributed by atoms with Gasteiger partial charge in [0.1, 0.15) is 17.1 Å². The van der Waals surface area contributed by atoms with Gasteiger partial charge in [0.15, 0.2) is 5.52 Å². The molecule has 1 aromatic carbocycles. The fourth-order valence-electron chi connectivity index (χ4n) is 2.49. The lowest BCUT2D eigenvalue weighted by molar-refractivity contribution is 0.176. The molecule has 0 radical (unpaired) electrons. The molecular weight excluding hydrogens is 328 g/mol. The van der Waals surface area contributed by atoms with Crippen LogP contribution in [0.5, 0.6) is 5.75 Å². The highest BCUT2D eigenvalue weighted by Crippen LogP contribution is 2.19. The zero-order valence-electron chi connectivity index (χ0n) is 13.6. The molecule has 9 heteroatoms. The van der Waals surface area contributed by atoms with Gasteiger partial charge < -0.3 is 14.8 Å². The lowest BCUT2D eigenvalue weighted by Gasteiger charge is -2.11. The third kappa shape index (κ3) is 3.09. The predicted octanol–water partition coefficient (Wildman–Crippen LogP) is -0.405. The molecule has 0 aliphatic rings. The molecule has 0 amide bonds. The summed E-state index contributed by atoms with van der Waals surface area (Å²) in [5.41, 5.74) is -1.38. The number of H-pyrrole nitrogens is 2. The van der Waals surface area contributed by atoms with Crippen LogP contribution < -0.4 is 21.5 Å². The Bertz CT molecular complexity index is 1090. The fourth-order valence-corrected chi connectivity index (χ4v) is 2.49. The summed E-state index contributed by atoms with van der Waals surface area (Å²) in [4.78, 5) is 44.3. The predicted molar refractivity (Wildman–Crippen MR) is 89.9 cm³/mol. The Morgan fingerprint density at radius 1 is 1.16 bits per heavy atom. The van der Waals surface area contributed by atoms with Crippen molar-refractivity contribution in [2.24, 2.45) is 7.05 Å². The smallest absolute Gasteiger partial charge is 0.329 e. The molecule has 130 valence electrons. The average Bonchev–Trinajstić information content (AvgIpc) is 2.61. The molecule has 0 saturated carbocycles.